The highest BCUT2D eigenvalue weighted by molar-refractivity contribution is 5.99. The van der Waals surface area contributed by atoms with Crippen molar-refractivity contribution in [1.29, 1.82) is 5.26 Å². The van der Waals surface area contributed by atoms with E-state index in [4.69, 9.17) is 5.73 Å². The molecule has 256 valence electrons. The molecule has 5 aliphatic carbocycles. The number of nitriles is 1. The summed E-state index contributed by atoms with van der Waals surface area (Å²) in [6, 6.07) is 7.56. The Hall–Kier alpha value is -4.19. The summed E-state index contributed by atoms with van der Waals surface area (Å²) in [5.74, 6) is -2.15. The number of pyridine rings is 1. The molecule has 0 radical (unpaired) electrons. The maximum Gasteiger partial charge on any atom is 0.267 e. The third-order valence-electron chi connectivity index (χ3n) is 14.6. The number of primary amides is 1. The highest BCUT2D eigenvalue weighted by Gasteiger charge is 2.72. The summed E-state index contributed by atoms with van der Waals surface area (Å²) < 4.78 is 1.50. The van der Waals surface area contributed by atoms with Crippen molar-refractivity contribution < 1.29 is 19.2 Å². The maximum absolute atomic E-state index is 15.0. The lowest BCUT2D eigenvalue weighted by atomic mass is 9.33. The highest BCUT2D eigenvalue weighted by Crippen LogP contribution is 2.75. The van der Waals surface area contributed by atoms with Crippen molar-refractivity contribution in [3.8, 4) is 17.5 Å². The van der Waals surface area contributed by atoms with Gasteiger partial charge in [0.1, 0.15) is 17.7 Å². The van der Waals surface area contributed by atoms with Gasteiger partial charge < -0.3 is 5.73 Å². The standard InChI is InChI=1S/C40H47N5O4/c1-35(2)15-17-40(34(49)45-21-26(43-22-45)24-9-8-10-25(44-24)33(42)48)18-16-39(7)32(31(40)23(35)20-41)27(46)19-29-37(5)13-12-30(47)36(3,4)28(37)11-14-38(29,39)6/h8-10,12-13,19,21-23,28,31-32H,11,14-18H2,1-7H3,(H2,42,48)/t23?,28?,31?,32-,37+,38-,39-,40+/m1/s1. The van der Waals surface area contributed by atoms with Gasteiger partial charge in [-0.2, -0.15) is 5.26 Å². The van der Waals surface area contributed by atoms with Crippen LogP contribution < -0.4 is 5.73 Å². The van der Waals surface area contributed by atoms with Crippen molar-refractivity contribution in [1.82, 2.24) is 14.5 Å². The molecule has 0 aromatic carbocycles. The van der Waals surface area contributed by atoms with E-state index in [9.17, 15) is 24.4 Å². The van der Waals surface area contributed by atoms with Crippen LogP contribution in [0.5, 0.6) is 0 Å². The molecule has 2 aromatic heterocycles. The summed E-state index contributed by atoms with van der Waals surface area (Å²) in [5, 5.41) is 10.9. The topological polar surface area (TPSA) is 149 Å². The molecule has 3 saturated carbocycles. The second kappa shape index (κ2) is 10.4. The van der Waals surface area contributed by atoms with E-state index in [1.54, 1.807) is 24.4 Å². The summed E-state index contributed by atoms with van der Waals surface area (Å²) in [5.41, 5.74) is 4.31. The van der Waals surface area contributed by atoms with E-state index in [-0.39, 0.29) is 34.5 Å². The molecule has 0 saturated heterocycles. The summed E-state index contributed by atoms with van der Waals surface area (Å²) >= 11 is 0. The van der Waals surface area contributed by atoms with E-state index in [0.29, 0.717) is 37.1 Å². The quantitative estimate of drug-likeness (QED) is 0.382. The first-order chi connectivity index (χ1) is 22.9. The number of carbonyl (C=O) groups is 4. The van der Waals surface area contributed by atoms with Gasteiger partial charge in [-0.15, -0.1) is 0 Å². The van der Waals surface area contributed by atoms with Crippen LogP contribution in [0, 0.1) is 67.5 Å². The molecule has 2 N–H and O–H groups in total. The van der Waals surface area contributed by atoms with Gasteiger partial charge in [-0.1, -0.05) is 66.2 Å². The number of rotatable bonds is 3. The number of hydrogen-bond acceptors (Lipinski definition) is 7. The third-order valence-corrected chi connectivity index (χ3v) is 14.6. The maximum atomic E-state index is 15.0. The lowest BCUT2D eigenvalue weighted by Crippen LogP contribution is -2.67. The zero-order chi connectivity index (χ0) is 35.5. The molecule has 7 rings (SSSR count). The number of carbonyl (C=O) groups excluding carboxylic acids is 4. The monoisotopic (exact) mass is 661 g/mol. The van der Waals surface area contributed by atoms with Crippen molar-refractivity contribution in [3.63, 3.8) is 0 Å². The highest BCUT2D eigenvalue weighted by atomic mass is 16.2. The zero-order valence-corrected chi connectivity index (χ0v) is 29.7. The Bertz CT molecular complexity index is 1930. The Morgan fingerprint density at radius 1 is 0.980 bits per heavy atom. The van der Waals surface area contributed by atoms with E-state index in [0.717, 1.165) is 18.4 Å². The van der Waals surface area contributed by atoms with Crippen LogP contribution >= 0.6 is 0 Å². The molecular formula is C40H47N5O4. The number of hydrogen-bond donors (Lipinski definition) is 1. The minimum atomic E-state index is -0.946. The average molecular weight is 662 g/mol. The van der Waals surface area contributed by atoms with Crippen LogP contribution in [0.2, 0.25) is 0 Å². The second-order valence-corrected chi connectivity index (χ2v) is 17.5. The number of fused-ring (bicyclic) bond motifs is 7. The average Bonchev–Trinajstić information content (AvgIpc) is 3.54. The summed E-state index contributed by atoms with van der Waals surface area (Å²) in [6.45, 7) is 15.0. The van der Waals surface area contributed by atoms with E-state index < -0.39 is 50.7 Å². The molecule has 9 heteroatoms. The fourth-order valence-electron chi connectivity index (χ4n) is 11.5. The Morgan fingerprint density at radius 2 is 1.69 bits per heavy atom. The summed E-state index contributed by atoms with van der Waals surface area (Å²) in [7, 11) is 0. The zero-order valence-electron chi connectivity index (χ0n) is 29.7. The normalized spacial score (nSPS) is 38.6. The van der Waals surface area contributed by atoms with Crippen LogP contribution in [0.15, 0.2) is 54.5 Å². The van der Waals surface area contributed by atoms with Gasteiger partial charge in [0, 0.05) is 28.9 Å². The first-order valence-corrected chi connectivity index (χ1v) is 17.6. The van der Waals surface area contributed by atoms with Crippen LogP contribution in [0.25, 0.3) is 11.4 Å². The first-order valence-electron chi connectivity index (χ1n) is 17.6. The van der Waals surface area contributed by atoms with E-state index in [2.05, 4.69) is 56.7 Å². The number of nitrogens with zero attached hydrogens (tertiary/aromatic N) is 4. The Kier molecular flexibility index (Phi) is 7.08. The van der Waals surface area contributed by atoms with Crippen LogP contribution in [0.4, 0.5) is 0 Å². The van der Waals surface area contributed by atoms with Gasteiger partial charge in [-0.25, -0.2) is 9.97 Å². The number of aromatic nitrogens is 3. The SMILES string of the molecule is CC1(C)CC[C@]2(C(=O)n3cnc(-c4cccc(C(N)=O)n4)c3)CC[C@]3(C)[C@H](C(=O)C=C4[C@@]5(C)C=CC(=O)C(C)(C)C5CC[C@]43C)C2C1C#N. The van der Waals surface area contributed by atoms with Gasteiger partial charge in [0.05, 0.1) is 23.1 Å². The molecule has 1 amide bonds. The predicted molar refractivity (Wildman–Crippen MR) is 183 cm³/mol. The van der Waals surface area contributed by atoms with E-state index in [1.807, 2.05) is 19.9 Å². The van der Waals surface area contributed by atoms with Crippen molar-refractivity contribution in [2.24, 2.45) is 61.9 Å². The van der Waals surface area contributed by atoms with Crippen LogP contribution in [0.3, 0.4) is 0 Å². The smallest absolute Gasteiger partial charge is 0.267 e. The lowest BCUT2D eigenvalue weighted by molar-refractivity contribution is -0.171. The minimum absolute atomic E-state index is 0.00133. The molecule has 0 bridgehead atoms. The van der Waals surface area contributed by atoms with Gasteiger partial charge in [0.2, 0.25) is 5.91 Å². The Labute approximate surface area is 288 Å². The van der Waals surface area contributed by atoms with Gasteiger partial charge in [-0.3, -0.25) is 23.7 Å². The molecule has 8 atom stereocenters. The van der Waals surface area contributed by atoms with Gasteiger partial charge in [0.15, 0.2) is 11.6 Å². The van der Waals surface area contributed by atoms with Crippen LogP contribution in [0.1, 0.15) is 102 Å². The van der Waals surface area contributed by atoms with E-state index >= 15 is 0 Å². The number of imidazole rings is 1. The number of amides is 1. The fourth-order valence-corrected chi connectivity index (χ4v) is 11.5. The Balaban J connectivity index is 1.35. The minimum Gasteiger partial charge on any atom is -0.364 e. The van der Waals surface area contributed by atoms with Crippen molar-refractivity contribution >= 4 is 23.4 Å². The molecule has 3 unspecified atom stereocenters. The summed E-state index contributed by atoms with van der Waals surface area (Å²) in [6.07, 6.45) is 12.9. The van der Waals surface area contributed by atoms with Crippen molar-refractivity contribution in [2.75, 3.05) is 0 Å². The molecule has 2 heterocycles. The second-order valence-electron chi connectivity index (χ2n) is 17.5. The van der Waals surface area contributed by atoms with Crippen molar-refractivity contribution in [2.45, 2.75) is 87.0 Å². The van der Waals surface area contributed by atoms with E-state index in [1.165, 1.54) is 17.0 Å². The molecule has 3 fully saturated rings. The fraction of sp³-hybridized carbons (Fsp3) is 0.575. The lowest BCUT2D eigenvalue weighted by Gasteiger charge is -2.69. The number of nitrogens with two attached hydrogens (primary N) is 1. The van der Waals surface area contributed by atoms with Crippen LogP contribution in [-0.2, 0) is 9.59 Å². The van der Waals surface area contributed by atoms with Gasteiger partial charge in [0.25, 0.3) is 5.91 Å². The van der Waals surface area contributed by atoms with Gasteiger partial charge in [-0.05, 0) is 85.0 Å². The molecule has 0 spiro atoms. The third kappa shape index (κ3) is 4.28. The Morgan fingerprint density at radius 3 is 2.39 bits per heavy atom. The molecule has 9 nitrogen and oxygen atoms in total. The molecule has 2 aromatic rings. The molecule has 0 aliphatic heterocycles. The first kappa shape index (κ1) is 33.3. The number of allylic oxidation sites excluding steroid dienone is 4. The molecule has 5 aliphatic rings. The van der Waals surface area contributed by atoms with Crippen LogP contribution in [-0.4, -0.2) is 37.9 Å². The summed E-state index contributed by atoms with van der Waals surface area (Å²) in [4.78, 5) is 63.6. The van der Waals surface area contributed by atoms with Crippen molar-refractivity contribution in [3.05, 3.63) is 60.2 Å². The molecular weight excluding hydrogens is 614 g/mol. The largest absolute Gasteiger partial charge is 0.364 e. The predicted octanol–water partition coefficient (Wildman–Crippen LogP) is 6.76. The number of ketones is 2. The molecule has 49 heavy (non-hydrogen) atoms. The van der Waals surface area contributed by atoms with Gasteiger partial charge >= 0.3 is 0 Å².